The summed E-state index contributed by atoms with van der Waals surface area (Å²) in [6.07, 6.45) is -3.17. The van der Waals surface area contributed by atoms with Gasteiger partial charge < -0.3 is 10.1 Å². The molecule has 11 heteroatoms. The van der Waals surface area contributed by atoms with Gasteiger partial charge in [0.15, 0.2) is 5.13 Å². The number of halogens is 6. The first-order valence-corrected chi connectivity index (χ1v) is 11.6. The number of pyridine rings is 1. The number of hydrogen-bond acceptors (Lipinski definition) is 5. The van der Waals surface area contributed by atoms with Crippen molar-refractivity contribution in [2.45, 2.75) is 44.5 Å². The van der Waals surface area contributed by atoms with Gasteiger partial charge in [-0.15, -0.1) is 11.3 Å². The molecule has 0 radical (unpaired) electrons. The number of aromatic nitrogens is 2. The fraction of sp³-hybridized carbons (Fsp3) is 0.391. The summed E-state index contributed by atoms with van der Waals surface area (Å²) in [6, 6.07) is 5.83. The smallest absolute Gasteiger partial charge is 0.420 e. The Labute approximate surface area is 196 Å². The van der Waals surface area contributed by atoms with Crippen LogP contribution in [-0.2, 0) is 12.4 Å². The van der Waals surface area contributed by atoms with Crippen molar-refractivity contribution in [3.8, 4) is 17.1 Å². The van der Waals surface area contributed by atoms with Crippen molar-refractivity contribution in [1.82, 2.24) is 9.97 Å². The van der Waals surface area contributed by atoms with E-state index in [1.54, 1.807) is 5.38 Å². The van der Waals surface area contributed by atoms with E-state index in [0.717, 1.165) is 55.6 Å². The minimum atomic E-state index is -4.60. The molecule has 2 aromatic heterocycles. The van der Waals surface area contributed by atoms with Crippen molar-refractivity contribution in [2.24, 2.45) is 5.92 Å². The van der Waals surface area contributed by atoms with Crippen molar-refractivity contribution in [3.63, 3.8) is 0 Å². The van der Waals surface area contributed by atoms with E-state index in [1.165, 1.54) is 18.2 Å². The SMILES string of the molecule is FC(F)(F)c1ccc(-c2csc(Nc3ccc(OCC4CCCCC4)c(C(F)(F)F)c3)n2)nc1. The van der Waals surface area contributed by atoms with Crippen LogP contribution in [0.25, 0.3) is 11.4 Å². The monoisotopic (exact) mass is 501 g/mol. The van der Waals surface area contributed by atoms with Crippen molar-refractivity contribution < 1.29 is 31.1 Å². The summed E-state index contributed by atoms with van der Waals surface area (Å²) in [5.74, 6) is 0.0533. The minimum Gasteiger partial charge on any atom is -0.493 e. The van der Waals surface area contributed by atoms with E-state index >= 15 is 0 Å². The van der Waals surface area contributed by atoms with Crippen molar-refractivity contribution >= 4 is 22.2 Å². The molecule has 1 aliphatic rings. The van der Waals surface area contributed by atoms with Gasteiger partial charge in [-0.25, -0.2) is 4.98 Å². The van der Waals surface area contributed by atoms with E-state index in [0.29, 0.717) is 11.9 Å². The summed E-state index contributed by atoms with van der Waals surface area (Å²) < 4.78 is 84.7. The summed E-state index contributed by atoms with van der Waals surface area (Å²) in [6.45, 7) is 0.256. The van der Waals surface area contributed by atoms with Crippen LogP contribution in [0, 0.1) is 5.92 Å². The molecule has 4 rings (SSSR count). The molecule has 0 bridgehead atoms. The zero-order valence-electron chi connectivity index (χ0n) is 17.8. The summed E-state index contributed by atoms with van der Waals surface area (Å²) in [5.41, 5.74) is -1.06. The maximum absolute atomic E-state index is 13.7. The van der Waals surface area contributed by atoms with Crippen LogP contribution in [0.5, 0.6) is 5.75 Å². The molecule has 1 fully saturated rings. The van der Waals surface area contributed by atoms with Crippen LogP contribution in [0.4, 0.5) is 37.2 Å². The summed E-state index contributed by atoms with van der Waals surface area (Å²) in [4.78, 5) is 8.01. The molecule has 3 aromatic rings. The van der Waals surface area contributed by atoms with Gasteiger partial charge in [0.1, 0.15) is 11.4 Å². The molecule has 0 atom stereocenters. The van der Waals surface area contributed by atoms with Gasteiger partial charge in [0.2, 0.25) is 0 Å². The predicted molar refractivity (Wildman–Crippen MR) is 117 cm³/mol. The molecule has 1 aromatic carbocycles. The summed E-state index contributed by atoms with van der Waals surface area (Å²) in [7, 11) is 0. The first kappa shape index (κ1) is 24.3. The Kier molecular flexibility index (Phi) is 7.01. The van der Waals surface area contributed by atoms with Gasteiger partial charge in [-0.05, 0) is 49.1 Å². The number of thiazole rings is 1. The van der Waals surface area contributed by atoms with Crippen LogP contribution < -0.4 is 10.1 Å². The second-order valence-electron chi connectivity index (χ2n) is 8.12. The third-order valence-corrected chi connectivity index (χ3v) is 6.35. The van der Waals surface area contributed by atoms with Crippen LogP contribution in [0.15, 0.2) is 41.9 Å². The molecule has 1 saturated carbocycles. The Morgan fingerprint density at radius 3 is 2.35 bits per heavy atom. The molecule has 182 valence electrons. The number of nitrogens with one attached hydrogen (secondary N) is 1. The van der Waals surface area contributed by atoms with Crippen LogP contribution >= 0.6 is 11.3 Å². The first-order valence-electron chi connectivity index (χ1n) is 10.7. The van der Waals surface area contributed by atoms with E-state index in [4.69, 9.17) is 4.74 Å². The molecule has 0 saturated heterocycles. The van der Waals surface area contributed by atoms with Gasteiger partial charge in [0, 0.05) is 17.3 Å². The van der Waals surface area contributed by atoms with E-state index in [9.17, 15) is 26.3 Å². The molecule has 34 heavy (non-hydrogen) atoms. The van der Waals surface area contributed by atoms with Crippen LogP contribution in [0.3, 0.4) is 0 Å². The zero-order valence-corrected chi connectivity index (χ0v) is 18.7. The number of ether oxygens (including phenoxy) is 1. The lowest BCUT2D eigenvalue weighted by atomic mass is 9.90. The topological polar surface area (TPSA) is 47.0 Å². The van der Waals surface area contributed by atoms with Crippen molar-refractivity contribution in [1.29, 1.82) is 0 Å². The average molecular weight is 501 g/mol. The largest absolute Gasteiger partial charge is 0.493 e. The molecular weight excluding hydrogens is 480 g/mol. The molecule has 4 nitrogen and oxygen atoms in total. The van der Waals surface area contributed by atoms with Crippen LogP contribution in [-0.4, -0.2) is 16.6 Å². The average Bonchev–Trinajstić information content (AvgIpc) is 3.26. The third kappa shape index (κ3) is 5.99. The van der Waals surface area contributed by atoms with Gasteiger partial charge in [-0.3, -0.25) is 4.98 Å². The Balaban J connectivity index is 1.48. The van der Waals surface area contributed by atoms with Gasteiger partial charge in [0.25, 0.3) is 0 Å². The van der Waals surface area contributed by atoms with E-state index in [2.05, 4.69) is 15.3 Å². The number of alkyl halides is 6. The molecule has 0 unspecified atom stereocenters. The molecule has 0 spiro atoms. The lowest BCUT2D eigenvalue weighted by Gasteiger charge is -2.23. The highest BCUT2D eigenvalue weighted by molar-refractivity contribution is 7.14. The number of rotatable bonds is 6. The van der Waals surface area contributed by atoms with Crippen molar-refractivity contribution in [3.05, 3.63) is 53.0 Å². The maximum Gasteiger partial charge on any atom is 0.420 e. The molecule has 1 N–H and O–H groups in total. The summed E-state index contributed by atoms with van der Waals surface area (Å²) in [5, 5.41) is 4.66. The lowest BCUT2D eigenvalue weighted by molar-refractivity contribution is -0.139. The standard InChI is InChI=1S/C23H21F6N3OS/c24-22(25,26)15-6-8-18(30-11-15)19-13-34-21(32-19)31-16-7-9-20(17(10-16)23(27,28)29)33-12-14-4-2-1-3-5-14/h6-11,13-14H,1-5,12H2,(H,31,32). The number of nitrogens with zero attached hydrogens (tertiary/aromatic N) is 2. The van der Waals surface area contributed by atoms with Gasteiger partial charge in [-0.1, -0.05) is 19.3 Å². The highest BCUT2D eigenvalue weighted by Crippen LogP contribution is 2.39. The number of hydrogen-bond donors (Lipinski definition) is 1. The predicted octanol–water partition coefficient (Wildman–Crippen LogP) is 7.95. The Morgan fingerprint density at radius 1 is 0.941 bits per heavy atom. The third-order valence-electron chi connectivity index (χ3n) is 5.59. The highest BCUT2D eigenvalue weighted by Gasteiger charge is 2.35. The zero-order chi connectivity index (χ0) is 24.3. The molecular formula is C23H21F6N3OS. The van der Waals surface area contributed by atoms with Gasteiger partial charge in [-0.2, -0.15) is 26.3 Å². The Bertz CT molecular complexity index is 1110. The number of benzene rings is 1. The lowest BCUT2D eigenvalue weighted by Crippen LogP contribution is -2.17. The second-order valence-corrected chi connectivity index (χ2v) is 8.97. The van der Waals surface area contributed by atoms with E-state index in [-0.39, 0.29) is 34.8 Å². The van der Waals surface area contributed by atoms with E-state index < -0.39 is 23.5 Å². The molecule has 0 aliphatic heterocycles. The quantitative estimate of drug-likeness (QED) is 0.348. The Hall–Kier alpha value is -2.82. The molecule has 0 amide bonds. The summed E-state index contributed by atoms with van der Waals surface area (Å²) >= 11 is 1.10. The normalized spacial score (nSPS) is 15.4. The fourth-order valence-electron chi connectivity index (χ4n) is 3.80. The maximum atomic E-state index is 13.7. The minimum absolute atomic E-state index is 0.165. The Morgan fingerprint density at radius 2 is 1.71 bits per heavy atom. The fourth-order valence-corrected chi connectivity index (χ4v) is 4.53. The first-order chi connectivity index (χ1) is 16.1. The van der Waals surface area contributed by atoms with E-state index in [1.807, 2.05) is 0 Å². The van der Waals surface area contributed by atoms with Gasteiger partial charge >= 0.3 is 12.4 Å². The van der Waals surface area contributed by atoms with Crippen LogP contribution in [0.1, 0.15) is 43.2 Å². The van der Waals surface area contributed by atoms with Crippen LogP contribution in [0.2, 0.25) is 0 Å². The van der Waals surface area contributed by atoms with Crippen molar-refractivity contribution in [2.75, 3.05) is 11.9 Å². The molecule has 1 aliphatic carbocycles. The highest BCUT2D eigenvalue weighted by atomic mass is 32.1. The number of anilines is 2. The molecule has 2 heterocycles. The van der Waals surface area contributed by atoms with Gasteiger partial charge in [0.05, 0.1) is 23.4 Å². The second kappa shape index (κ2) is 9.81.